The molecule has 3 heterocycles. The number of ether oxygens (including phenoxy) is 3. The van der Waals surface area contributed by atoms with Crippen LogP contribution in [0.25, 0.3) is 0 Å². The minimum absolute atomic E-state index is 0.0356. The first kappa shape index (κ1) is 31.2. The van der Waals surface area contributed by atoms with Crippen LogP contribution in [0, 0.1) is 0 Å². The molecule has 4 rings (SSSR count). The monoisotopic (exact) mass is 596 g/mol. The zero-order valence-electron chi connectivity index (χ0n) is 24.5. The second kappa shape index (κ2) is 14.0. The van der Waals surface area contributed by atoms with Crippen molar-refractivity contribution in [3.05, 3.63) is 53.6 Å². The topological polar surface area (TPSA) is 168 Å². The number of rotatable bonds is 5. The van der Waals surface area contributed by atoms with Gasteiger partial charge in [-0.3, -0.25) is 24.0 Å². The maximum atomic E-state index is 13.7. The molecule has 14 nitrogen and oxygen atoms in total. The molecular weight excluding hydrogens is 560 g/mol. The zero-order valence-corrected chi connectivity index (χ0v) is 24.5. The fourth-order valence-corrected chi connectivity index (χ4v) is 4.88. The number of carbonyl (C=O) groups is 5. The first-order chi connectivity index (χ1) is 20.6. The summed E-state index contributed by atoms with van der Waals surface area (Å²) in [5, 5.41) is 8.06. The average molecular weight is 597 g/mol. The molecule has 2 aromatic rings. The zero-order chi connectivity index (χ0) is 31.1. The third kappa shape index (κ3) is 7.77. The van der Waals surface area contributed by atoms with E-state index in [1.807, 2.05) is 30.3 Å². The smallest absolute Gasteiger partial charge is 0.259 e. The van der Waals surface area contributed by atoms with Crippen LogP contribution in [0.5, 0.6) is 11.8 Å². The highest BCUT2D eigenvalue weighted by Crippen LogP contribution is 2.23. The van der Waals surface area contributed by atoms with Gasteiger partial charge < -0.3 is 40.0 Å². The predicted octanol–water partition coefficient (Wildman–Crippen LogP) is -0.871. The number of methoxy groups -OCH3 is 2. The van der Waals surface area contributed by atoms with Crippen LogP contribution < -0.4 is 25.4 Å². The van der Waals surface area contributed by atoms with Gasteiger partial charge >= 0.3 is 0 Å². The molecule has 0 aliphatic carbocycles. The maximum absolute atomic E-state index is 13.7. The van der Waals surface area contributed by atoms with E-state index in [1.165, 1.54) is 50.1 Å². The molecule has 0 spiro atoms. The molecule has 1 aromatic carbocycles. The molecule has 2 saturated heterocycles. The Morgan fingerprint density at radius 1 is 1.00 bits per heavy atom. The number of nitrogens with one attached hydrogen (secondary N) is 3. The van der Waals surface area contributed by atoms with E-state index in [-0.39, 0.29) is 49.9 Å². The van der Waals surface area contributed by atoms with E-state index in [2.05, 4.69) is 20.9 Å². The number of amides is 5. The van der Waals surface area contributed by atoms with Gasteiger partial charge in [0.2, 0.25) is 29.5 Å². The van der Waals surface area contributed by atoms with Crippen LogP contribution in [0.15, 0.2) is 42.5 Å². The van der Waals surface area contributed by atoms with Gasteiger partial charge in [-0.15, -0.1) is 0 Å². The van der Waals surface area contributed by atoms with Gasteiger partial charge in [0, 0.05) is 32.6 Å². The highest BCUT2D eigenvalue weighted by molar-refractivity contribution is 5.97. The molecule has 2 bridgehead atoms. The first-order valence-corrected chi connectivity index (χ1v) is 13.8. The lowest BCUT2D eigenvalue weighted by molar-refractivity contribution is -0.148. The van der Waals surface area contributed by atoms with E-state index in [9.17, 15) is 24.0 Å². The molecule has 0 saturated carbocycles. The van der Waals surface area contributed by atoms with Crippen LogP contribution >= 0.6 is 0 Å². The molecule has 2 aliphatic heterocycles. The highest BCUT2D eigenvalue weighted by atomic mass is 16.5. The fraction of sp³-hybridized carbons (Fsp3) is 0.448. The fourth-order valence-electron chi connectivity index (χ4n) is 4.88. The van der Waals surface area contributed by atoms with Gasteiger partial charge in [-0.2, -0.15) is 4.98 Å². The summed E-state index contributed by atoms with van der Waals surface area (Å²) >= 11 is 0. The molecule has 230 valence electrons. The number of pyridine rings is 1. The lowest BCUT2D eigenvalue weighted by Gasteiger charge is -2.38. The second-order valence-electron chi connectivity index (χ2n) is 10.3. The van der Waals surface area contributed by atoms with E-state index >= 15 is 0 Å². The lowest BCUT2D eigenvalue weighted by atomic mass is 10.0. The van der Waals surface area contributed by atoms with Crippen molar-refractivity contribution in [2.75, 3.05) is 47.4 Å². The molecular formula is C29H36N6O8. The summed E-state index contributed by atoms with van der Waals surface area (Å²) in [6.07, 6.45) is -1.80. The Labute approximate surface area is 249 Å². The Morgan fingerprint density at radius 3 is 2.44 bits per heavy atom. The summed E-state index contributed by atoms with van der Waals surface area (Å²) < 4.78 is 16.5. The van der Waals surface area contributed by atoms with Gasteiger partial charge in [0.05, 0.1) is 33.4 Å². The predicted molar refractivity (Wildman–Crippen MR) is 152 cm³/mol. The van der Waals surface area contributed by atoms with Crippen LogP contribution in [0.1, 0.15) is 22.8 Å². The number of likely N-dealkylation sites (N-methyl/N-ethyl adjacent to an activating group) is 1. The largest absolute Gasteiger partial charge is 0.481 e. The normalized spacial score (nSPS) is 23.7. The summed E-state index contributed by atoms with van der Waals surface area (Å²) in [5.74, 6) is -2.33. The van der Waals surface area contributed by atoms with Crippen LogP contribution in [0.3, 0.4) is 0 Å². The van der Waals surface area contributed by atoms with Crippen molar-refractivity contribution in [2.45, 2.75) is 37.6 Å². The summed E-state index contributed by atoms with van der Waals surface area (Å²) in [6.45, 7) is 1.05. The highest BCUT2D eigenvalue weighted by Gasteiger charge is 2.38. The Balaban J connectivity index is 1.65. The second-order valence-corrected chi connectivity index (χ2v) is 10.3. The Morgan fingerprint density at radius 2 is 1.74 bits per heavy atom. The van der Waals surface area contributed by atoms with E-state index in [0.29, 0.717) is 0 Å². The molecule has 0 unspecified atom stereocenters. The number of fused-ring (bicyclic) bond motifs is 2. The Bertz CT molecular complexity index is 1360. The van der Waals surface area contributed by atoms with Crippen molar-refractivity contribution >= 4 is 29.5 Å². The summed E-state index contributed by atoms with van der Waals surface area (Å²) in [7, 11) is 4.26. The summed E-state index contributed by atoms with van der Waals surface area (Å²) in [4.78, 5) is 73.0. The number of aromatic nitrogens is 1. The number of morpholine rings is 1. The molecule has 3 N–H and O–H groups in total. The quantitative estimate of drug-likeness (QED) is 0.397. The van der Waals surface area contributed by atoms with E-state index in [4.69, 9.17) is 14.2 Å². The van der Waals surface area contributed by atoms with Crippen molar-refractivity contribution in [1.82, 2.24) is 30.7 Å². The molecule has 0 radical (unpaired) electrons. The molecule has 1 aromatic heterocycles. The van der Waals surface area contributed by atoms with E-state index in [0.717, 1.165) is 5.56 Å². The minimum atomic E-state index is -1.17. The number of carbonyl (C=O) groups excluding carboxylic acids is 5. The lowest BCUT2D eigenvalue weighted by Crippen LogP contribution is -2.59. The van der Waals surface area contributed by atoms with Crippen molar-refractivity contribution < 1.29 is 38.2 Å². The van der Waals surface area contributed by atoms with Crippen molar-refractivity contribution in [3.63, 3.8) is 0 Å². The molecule has 2 fully saturated rings. The van der Waals surface area contributed by atoms with Gasteiger partial charge in [0.1, 0.15) is 17.6 Å². The Hall–Kier alpha value is -4.72. The number of nitrogens with zero attached hydrogens (tertiary/aromatic N) is 3. The third-order valence-electron chi connectivity index (χ3n) is 7.14. The van der Waals surface area contributed by atoms with Crippen molar-refractivity contribution in [1.29, 1.82) is 0 Å². The van der Waals surface area contributed by atoms with Crippen LogP contribution in [0.4, 0.5) is 0 Å². The van der Waals surface area contributed by atoms with Gasteiger partial charge in [0.15, 0.2) is 6.10 Å². The summed E-state index contributed by atoms with van der Waals surface area (Å²) in [6, 6.07) is 10.2. The number of hydrogen-bond donors (Lipinski definition) is 3. The van der Waals surface area contributed by atoms with Crippen LogP contribution in [-0.2, 0) is 30.3 Å². The van der Waals surface area contributed by atoms with Gasteiger partial charge in [-0.05, 0) is 18.6 Å². The van der Waals surface area contributed by atoms with Gasteiger partial charge in [0.25, 0.3) is 11.8 Å². The van der Waals surface area contributed by atoms with E-state index < -0.39 is 53.8 Å². The third-order valence-corrected chi connectivity index (χ3v) is 7.14. The summed E-state index contributed by atoms with van der Waals surface area (Å²) in [5.41, 5.74) is 0.937. The van der Waals surface area contributed by atoms with Crippen LogP contribution in [0.2, 0.25) is 0 Å². The van der Waals surface area contributed by atoms with Gasteiger partial charge in [-0.25, -0.2) is 0 Å². The van der Waals surface area contributed by atoms with Gasteiger partial charge in [-0.1, -0.05) is 30.3 Å². The van der Waals surface area contributed by atoms with Crippen molar-refractivity contribution in [3.8, 4) is 11.8 Å². The number of benzene rings is 1. The molecule has 2 aliphatic rings. The molecule has 5 amide bonds. The minimum Gasteiger partial charge on any atom is -0.481 e. The molecule has 4 atom stereocenters. The maximum Gasteiger partial charge on any atom is 0.259 e. The Kier molecular flexibility index (Phi) is 10.1. The molecule has 43 heavy (non-hydrogen) atoms. The SMILES string of the molecule is COc1ccc(C(=O)N2C[C@@H]3CNC(=O)[C@@H](C)NC(=O)CN(C)C(=O)[C@@H](Cc4ccccc4)NC(=O)[C@@H](C2)O3)c(OC)n1. The van der Waals surface area contributed by atoms with Crippen molar-refractivity contribution in [2.24, 2.45) is 0 Å². The van der Waals surface area contributed by atoms with E-state index in [1.54, 1.807) is 0 Å². The average Bonchev–Trinajstić information content (AvgIpc) is 3.01. The first-order valence-electron chi connectivity index (χ1n) is 13.8. The number of hydrogen-bond acceptors (Lipinski definition) is 9. The standard InChI is InChI=1S/C29H36N6O8/c1-17-25(37)30-13-19-14-35(28(39)20-10-11-24(41-3)33-27(20)42-4)15-22(43-19)26(38)32-21(12-18-8-6-5-7-9-18)29(40)34(2)16-23(36)31-17/h5-11,17,19,21-22H,12-16H2,1-4H3,(H,30,37)(H,31,36)(H,32,38)/t17-,19+,21-,22-/m1/s1. The van der Waals surface area contributed by atoms with Crippen LogP contribution in [-0.4, -0.2) is 116 Å². The molecule has 14 heteroatoms.